The summed E-state index contributed by atoms with van der Waals surface area (Å²) < 4.78 is 5.86. The van der Waals surface area contributed by atoms with Crippen LogP contribution in [-0.2, 0) is 11.2 Å². The third-order valence-electron chi connectivity index (χ3n) is 6.31. The summed E-state index contributed by atoms with van der Waals surface area (Å²) in [5, 5.41) is 7.51. The number of amides is 1. The molecule has 2 fully saturated rings. The van der Waals surface area contributed by atoms with Gasteiger partial charge >= 0.3 is 0 Å². The molecule has 0 radical (unpaired) electrons. The molecule has 1 aromatic rings. The summed E-state index contributed by atoms with van der Waals surface area (Å²) in [4.78, 5) is 15.6. The SMILES string of the molecule is C[C@@H]1Cc2c(C(=O)N3CCCC34CCCCCC4)n[nH]c2[C@H](C)O1. The Morgan fingerprint density at radius 1 is 1.17 bits per heavy atom. The van der Waals surface area contributed by atoms with Crippen LogP contribution in [0.3, 0.4) is 0 Å². The number of aromatic amines is 1. The number of H-pyrrole nitrogens is 1. The molecule has 3 heterocycles. The van der Waals surface area contributed by atoms with Gasteiger partial charge in [-0.25, -0.2) is 0 Å². The van der Waals surface area contributed by atoms with Crippen LogP contribution in [0, 0.1) is 0 Å². The van der Waals surface area contributed by atoms with Crippen LogP contribution >= 0.6 is 0 Å². The number of aromatic nitrogens is 2. The number of hydrogen-bond donors (Lipinski definition) is 1. The standard InChI is InChI=1S/C19H29N3O2/c1-13-12-15-16(14(2)24-13)20-21-17(15)18(23)22-11-7-10-19(22)8-5-3-4-6-9-19/h13-14H,3-12H2,1-2H3,(H,20,21)/t13-,14+/m1/s1. The number of carbonyl (C=O) groups excluding carboxylic acids is 1. The molecule has 1 aromatic heterocycles. The molecule has 3 aliphatic rings. The molecule has 24 heavy (non-hydrogen) atoms. The fourth-order valence-electron chi connectivity index (χ4n) is 5.14. The third-order valence-corrected chi connectivity index (χ3v) is 6.31. The van der Waals surface area contributed by atoms with Crippen molar-refractivity contribution in [1.29, 1.82) is 0 Å². The van der Waals surface area contributed by atoms with Gasteiger partial charge in [-0.3, -0.25) is 9.89 Å². The van der Waals surface area contributed by atoms with Crippen LogP contribution in [-0.4, -0.2) is 39.2 Å². The number of nitrogens with zero attached hydrogens (tertiary/aromatic N) is 2. The van der Waals surface area contributed by atoms with Crippen molar-refractivity contribution in [2.24, 2.45) is 0 Å². The van der Waals surface area contributed by atoms with E-state index in [0.29, 0.717) is 5.69 Å². The van der Waals surface area contributed by atoms with Gasteiger partial charge in [0.05, 0.1) is 17.9 Å². The van der Waals surface area contributed by atoms with Crippen molar-refractivity contribution in [3.05, 3.63) is 17.0 Å². The number of fused-ring (bicyclic) bond motifs is 1. The maximum Gasteiger partial charge on any atom is 0.275 e. The van der Waals surface area contributed by atoms with E-state index in [9.17, 15) is 4.79 Å². The number of likely N-dealkylation sites (tertiary alicyclic amines) is 1. The Morgan fingerprint density at radius 3 is 2.62 bits per heavy atom. The van der Waals surface area contributed by atoms with E-state index in [1.54, 1.807) is 0 Å². The summed E-state index contributed by atoms with van der Waals surface area (Å²) in [7, 11) is 0. The quantitative estimate of drug-likeness (QED) is 0.852. The highest BCUT2D eigenvalue weighted by Crippen LogP contribution is 2.42. The maximum atomic E-state index is 13.4. The number of nitrogens with one attached hydrogen (secondary N) is 1. The van der Waals surface area contributed by atoms with E-state index >= 15 is 0 Å². The lowest BCUT2D eigenvalue weighted by molar-refractivity contribution is -0.00706. The molecule has 2 atom stereocenters. The second kappa shape index (κ2) is 6.17. The summed E-state index contributed by atoms with van der Waals surface area (Å²) in [6.45, 7) is 5.00. The maximum absolute atomic E-state index is 13.4. The van der Waals surface area contributed by atoms with Crippen LogP contribution in [0.4, 0.5) is 0 Å². The predicted molar refractivity (Wildman–Crippen MR) is 92.0 cm³/mol. The molecule has 1 spiro atoms. The lowest BCUT2D eigenvalue weighted by atomic mass is 9.87. The van der Waals surface area contributed by atoms with Crippen molar-refractivity contribution in [1.82, 2.24) is 15.1 Å². The molecule has 1 N–H and O–H groups in total. The van der Waals surface area contributed by atoms with Gasteiger partial charge in [-0.15, -0.1) is 0 Å². The first-order valence-corrected chi connectivity index (χ1v) is 9.65. The van der Waals surface area contributed by atoms with Gasteiger partial charge in [-0.05, 0) is 39.5 Å². The largest absolute Gasteiger partial charge is 0.369 e. The van der Waals surface area contributed by atoms with E-state index in [-0.39, 0.29) is 23.7 Å². The Hall–Kier alpha value is -1.36. The van der Waals surface area contributed by atoms with Crippen LogP contribution in [0.25, 0.3) is 0 Å². The minimum absolute atomic E-state index is 0.0109. The van der Waals surface area contributed by atoms with Crippen molar-refractivity contribution in [3.63, 3.8) is 0 Å². The average molecular weight is 331 g/mol. The first-order chi connectivity index (χ1) is 11.6. The van der Waals surface area contributed by atoms with Crippen LogP contribution < -0.4 is 0 Å². The predicted octanol–water partition coefficient (Wildman–Crippen LogP) is 3.76. The van der Waals surface area contributed by atoms with E-state index in [1.165, 1.54) is 44.9 Å². The fourth-order valence-corrected chi connectivity index (χ4v) is 5.14. The lowest BCUT2D eigenvalue weighted by Gasteiger charge is -2.38. The van der Waals surface area contributed by atoms with Gasteiger partial charge in [0.2, 0.25) is 0 Å². The van der Waals surface area contributed by atoms with Gasteiger partial charge in [-0.1, -0.05) is 25.7 Å². The second-order valence-electron chi connectivity index (χ2n) is 7.96. The zero-order chi connectivity index (χ0) is 16.7. The van der Waals surface area contributed by atoms with Crippen LogP contribution in [0.2, 0.25) is 0 Å². The Morgan fingerprint density at radius 2 is 1.88 bits per heavy atom. The lowest BCUT2D eigenvalue weighted by Crippen LogP contribution is -2.47. The van der Waals surface area contributed by atoms with Gasteiger partial charge in [-0.2, -0.15) is 5.10 Å². The molecule has 1 saturated heterocycles. The highest BCUT2D eigenvalue weighted by atomic mass is 16.5. The van der Waals surface area contributed by atoms with E-state index < -0.39 is 0 Å². The smallest absolute Gasteiger partial charge is 0.275 e. The normalized spacial score (nSPS) is 29.5. The minimum atomic E-state index is -0.0109. The Kier molecular flexibility index (Phi) is 4.15. The van der Waals surface area contributed by atoms with Gasteiger partial charge in [0.1, 0.15) is 0 Å². The molecule has 0 aromatic carbocycles. The number of rotatable bonds is 1. The third kappa shape index (κ3) is 2.57. The van der Waals surface area contributed by atoms with Gasteiger partial charge in [0, 0.05) is 24.1 Å². The molecule has 0 unspecified atom stereocenters. The van der Waals surface area contributed by atoms with E-state index in [1.807, 2.05) is 6.92 Å². The molecule has 1 aliphatic carbocycles. The Balaban J connectivity index is 1.64. The van der Waals surface area contributed by atoms with E-state index in [2.05, 4.69) is 22.0 Å². The van der Waals surface area contributed by atoms with Gasteiger partial charge in [0.15, 0.2) is 5.69 Å². The van der Waals surface area contributed by atoms with Crippen molar-refractivity contribution in [2.75, 3.05) is 6.54 Å². The molecule has 1 amide bonds. The van der Waals surface area contributed by atoms with Crippen LogP contribution in [0.5, 0.6) is 0 Å². The first-order valence-electron chi connectivity index (χ1n) is 9.65. The van der Waals surface area contributed by atoms with E-state index in [0.717, 1.165) is 30.6 Å². The fraction of sp³-hybridized carbons (Fsp3) is 0.789. The zero-order valence-corrected chi connectivity index (χ0v) is 14.9. The highest BCUT2D eigenvalue weighted by Gasteiger charge is 2.45. The van der Waals surface area contributed by atoms with E-state index in [4.69, 9.17) is 4.74 Å². The summed E-state index contributed by atoms with van der Waals surface area (Å²) in [6, 6.07) is 0. The Labute approximate surface area is 144 Å². The second-order valence-corrected chi connectivity index (χ2v) is 7.96. The highest BCUT2D eigenvalue weighted by molar-refractivity contribution is 5.95. The first kappa shape index (κ1) is 16.1. The number of hydrogen-bond acceptors (Lipinski definition) is 3. The summed E-state index contributed by atoms with van der Waals surface area (Å²) >= 11 is 0. The molecule has 132 valence electrons. The van der Waals surface area contributed by atoms with Crippen molar-refractivity contribution >= 4 is 5.91 Å². The summed E-state index contributed by atoms with van der Waals surface area (Å²) in [5.41, 5.74) is 2.83. The molecule has 1 saturated carbocycles. The minimum Gasteiger partial charge on any atom is -0.369 e. The van der Waals surface area contributed by atoms with Gasteiger partial charge < -0.3 is 9.64 Å². The average Bonchev–Trinajstić information content (AvgIpc) is 3.07. The molecule has 2 aliphatic heterocycles. The van der Waals surface area contributed by atoms with Crippen molar-refractivity contribution in [3.8, 4) is 0 Å². The summed E-state index contributed by atoms with van der Waals surface area (Å²) in [6.07, 6.45) is 10.7. The zero-order valence-electron chi connectivity index (χ0n) is 14.9. The van der Waals surface area contributed by atoms with Gasteiger partial charge in [0.25, 0.3) is 5.91 Å². The van der Waals surface area contributed by atoms with Crippen molar-refractivity contribution in [2.45, 2.75) is 89.4 Å². The topological polar surface area (TPSA) is 58.2 Å². The van der Waals surface area contributed by atoms with Crippen LogP contribution in [0.1, 0.15) is 93.1 Å². The molecule has 0 bridgehead atoms. The Bertz CT molecular complexity index is 616. The molecular formula is C19H29N3O2. The molecule has 4 rings (SSSR count). The van der Waals surface area contributed by atoms with Crippen LogP contribution in [0.15, 0.2) is 0 Å². The van der Waals surface area contributed by atoms with Crippen molar-refractivity contribution < 1.29 is 9.53 Å². The number of carbonyl (C=O) groups is 1. The molecule has 5 nitrogen and oxygen atoms in total. The molecular weight excluding hydrogens is 302 g/mol. The number of ether oxygens (including phenoxy) is 1. The molecule has 5 heteroatoms. The monoisotopic (exact) mass is 331 g/mol. The summed E-state index contributed by atoms with van der Waals surface area (Å²) in [5.74, 6) is 0.146.